The van der Waals surface area contributed by atoms with Crippen LogP contribution in [-0.4, -0.2) is 5.92 Å². The molecule has 6 aromatic rings. The molecule has 0 N–H and O–H groups in total. The summed E-state index contributed by atoms with van der Waals surface area (Å²) in [6, 6.07) is 53.9. The summed E-state index contributed by atoms with van der Waals surface area (Å²) in [5.41, 5.74) is 18.8. The fraction of sp³-hybridized carbons (Fsp3) is 0.259. The first-order valence-corrected chi connectivity index (χ1v) is 38.1. The molecule has 0 amide bonds. The Labute approximate surface area is 354 Å². The van der Waals surface area contributed by atoms with E-state index in [1.165, 1.54) is 116 Å². The second kappa shape index (κ2) is 15.5. The van der Waals surface area contributed by atoms with Crippen molar-refractivity contribution in [2.45, 2.75) is 71.7 Å². The number of hydrogen-bond donors (Lipinski definition) is 0. The van der Waals surface area contributed by atoms with Crippen molar-refractivity contribution in [3.8, 4) is 44.5 Å². The summed E-state index contributed by atoms with van der Waals surface area (Å²) in [5, 5.41) is 0. The van der Waals surface area contributed by atoms with Crippen molar-refractivity contribution in [2.75, 3.05) is 0 Å². The Morgan fingerprint density at radius 2 is 0.759 bits per heavy atom. The van der Waals surface area contributed by atoms with E-state index in [1.807, 2.05) is 0 Å². The number of fused-ring (bicyclic) bond motifs is 2. The number of halogens is 2. The molecule has 4 heteroatoms. The van der Waals surface area contributed by atoms with E-state index in [2.05, 4.69) is 171 Å². The van der Waals surface area contributed by atoms with Gasteiger partial charge in [-0.1, -0.05) is 0 Å². The fourth-order valence-corrected chi connectivity index (χ4v) is 42.2. The topological polar surface area (TPSA) is 0 Å². The molecule has 10 rings (SSSR count). The summed E-state index contributed by atoms with van der Waals surface area (Å²) in [4.78, 5) is 0. The van der Waals surface area contributed by atoms with E-state index in [0.29, 0.717) is 11.8 Å². The predicted octanol–water partition coefficient (Wildman–Crippen LogP) is 16.3. The Hall–Kier alpha value is -3.52. The van der Waals surface area contributed by atoms with Crippen molar-refractivity contribution in [2.24, 2.45) is 11.8 Å². The Morgan fingerprint density at radius 3 is 1.05 bits per heavy atom. The van der Waals surface area contributed by atoms with Crippen molar-refractivity contribution < 1.29 is 15.6 Å². The molecule has 0 nitrogen and oxygen atoms in total. The van der Waals surface area contributed by atoms with Crippen molar-refractivity contribution in [3.05, 3.63) is 179 Å². The Kier molecular flexibility index (Phi) is 10.3. The molecule has 6 aromatic carbocycles. The SMILES string of the molecule is C[SiH](C)[Zr]([Cl])([Cl])([CH]1C(CC2CCC2)=Cc2c(-c3ccccc3)ccc(-c3ccccc3)c21)[CH]1C(CC2CCC2)=Cc2c(-c3ccccc3)ccc(-c3ccccc3)c21. The number of allylic oxidation sites excluding steroid dienone is 2. The zero-order valence-corrected chi connectivity index (χ0v) is 38.9. The molecule has 58 heavy (non-hydrogen) atoms. The van der Waals surface area contributed by atoms with Gasteiger partial charge in [0.25, 0.3) is 0 Å². The molecule has 0 aromatic heterocycles. The molecular formula is C54H53Cl2SiZr. The first-order chi connectivity index (χ1) is 28.3. The Bertz CT molecular complexity index is 2360. The van der Waals surface area contributed by atoms with Crippen LogP contribution < -0.4 is 0 Å². The zero-order valence-electron chi connectivity index (χ0n) is 33.8. The van der Waals surface area contributed by atoms with Gasteiger partial charge in [-0.15, -0.1) is 0 Å². The summed E-state index contributed by atoms with van der Waals surface area (Å²) >= 11 is -5.27. The van der Waals surface area contributed by atoms with Gasteiger partial charge in [0, 0.05) is 0 Å². The summed E-state index contributed by atoms with van der Waals surface area (Å²) in [6.45, 7) is 5.07. The summed E-state index contributed by atoms with van der Waals surface area (Å²) in [7, 11) is 18.7. The van der Waals surface area contributed by atoms with Gasteiger partial charge in [0.2, 0.25) is 0 Å². The summed E-state index contributed by atoms with van der Waals surface area (Å²) < 4.78 is 0.0475. The van der Waals surface area contributed by atoms with E-state index >= 15 is 0 Å². The molecule has 0 bridgehead atoms. The van der Waals surface area contributed by atoms with Crippen LogP contribution >= 0.6 is 17.0 Å². The molecule has 0 aliphatic heterocycles. The van der Waals surface area contributed by atoms with Crippen LogP contribution in [0.1, 0.15) is 80.9 Å². The molecule has 291 valence electrons. The molecule has 0 heterocycles. The van der Waals surface area contributed by atoms with E-state index in [4.69, 9.17) is 0 Å². The molecule has 0 radical (unpaired) electrons. The average molecular weight is 892 g/mol. The third-order valence-electron chi connectivity index (χ3n) is 14.6. The molecule has 4 aliphatic carbocycles. The van der Waals surface area contributed by atoms with E-state index in [-0.39, 0.29) is 7.25 Å². The molecular weight excluding hydrogens is 839 g/mol. The van der Waals surface area contributed by atoms with E-state index < -0.39 is 21.5 Å². The first kappa shape index (κ1) is 38.7. The van der Waals surface area contributed by atoms with Gasteiger partial charge in [-0.25, -0.2) is 0 Å². The van der Waals surface area contributed by atoms with Crippen LogP contribution in [0.2, 0.25) is 13.1 Å². The third-order valence-corrected chi connectivity index (χ3v) is 66.3. The maximum absolute atomic E-state index is 9.35. The van der Waals surface area contributed by atoms with Crippen LogP contribution in [0.25, 0.3) is 56.7 Å². The van der Waals surface area contributed by atoms with E-state index in [0.717, 1.165) is 12.8 Å². The van der Waals surface area contributed by atoms with Crippen LogP contribution in [-0.2, 0) is 15.6 Å². The molecule has 0 spiro atoms. The van der Waals surface area contributed by atoms with Crippen LogP contribution in [0.3, 0.4) is 0 Å². The monoisotopic (exact) mass is 889 g/mol. The standard InChI is InChI=1S/2C26H23.C2H7Si.2ClH.Zr/c2*1-3-10-21(11-4-1)23-14-15-24(22-12-5-2-6-13-22)26-18-20(17-25(23)26)16-19-8-7-9-19;1-3-2;;;/h2*1-6,10-15,17-19H,7-9,16H2;3H,1-2H3;2*1H;/q;;;;;+2/p-2. The molecule has 2 fully saturated rings. The summed E-state index contributed by atoms with van der Waals surface area (Å²) in [6.07, 6.45) is 15.2. The predicted molar refractivity (Wildman–Crippen MR) is 251 cm³/mol. The fourth-order valence-electron chi connectivity index (χ4n) is 11.1. The van der Waals surface area contributed by atoms with E-state index in [9.17, 15) is 17.0 Å². The maximum atomic E-state index is 9.35. The van der Waals surface area contributed by atoms with Gasteiger partial charge in [0.1, 0.15) is 0 Å². The van der Waals surface area contributed by atoms with Gasteiger partial charge in [-0.05, 0) is 0 Å². The first-order valence-electron chi connectivity index (χ1n) is 21.8. The minimum absolute atomic E-state index is 0.0238. The van der Waals surface area contributed by atoms with Gasteiger partial charge in [-0.2, -0.15) is 0 Å². The van der Waals surface area contributed by atoms with Gasteiger partial charge in [0.05, 0.1) is 0 Å². The molecule has 4 aliphatic rings. The molecule has 0 saturated heterocycles. The Balaban J connectivity index is 1.29. The van der Waals surface area contributed by atoms with Crippen molar-refractivity contribution in [1.29, 1.82) is 0 Å². The quantitative estimate of drug-likeness (QED) is 0.114. The van der Waals surface area contributed by atoms with Crippen LogP contribution in [0.15, 0.2) is 157 Å². The number of rotatable bonds is 11. The van der Waals surface area contributed by atoms with Crippen LogP contribution in [0, 0.1) is 11.8 Å². The molecule has 2 saturated carbocycles. The van der Waals surface area contributed by atoms with Gasteiger partial charge < -0.3 is 0 Å². The van der Waals surface area contributed by atoms with Crippen molar-refractivity contribution in [1.82, 2.24) is 0 Å². The number of benzene rings is 6. The van der Waals surface area contributed by atoms with Crippen molar-refractivity contribution in [3.63, 3.8) is 0 Å². The third kappa shape index (κ3) is 6.48. The van der Waals surface area contributed by atoms with Gasteiger partial charge >= 0.3 is 358 Å². The van der Waals surface area contributed by atoms with Gasteiger partial charge in [0.15, 0.2) is 0 Å². The molecule has 2 atom stereocenters. The minimum atomic E-state index is -5.27. The van der Waals surface area contributed by atoms with E-state index in [1.54, 1.807) is 0 Å². The van der Waals surface area contributed by atoms with Crippen LogP contribution in [0.5, 0.6) is 0 Å². The number of hydrogen-bond acceptors (Lipinski definition) is 0. The Morgan fingerprint density at radius 1 is 0.448 bits per heavy atom. The molecule has 2 unspecified atom stereocenters. The van der Waals surface area contributed by atoms with Crippen molar-refractivity contribution >= 4 is 35.1 Å². The average Bonchev–Trinajstić information content (AvgIpc) is 3.82. The zero-order chi connectivity index (χ0) is 39.5. The summed E-state index contributed by atoms with van der Waals surface area (Å²) in [5.74, 6) is -0.458. The normalized spacial score (nSPS) is 19.7. The van der Waals surface area contributed by atoms with Gasteiger partial charge in [-0.3, -0.25) is 0 Å². The second-order valence-corrected chi connectivity index (χ2v) is 60.6. The van der Waals surface area contributed by atoms with Crippen LogP contribution in [0.4, 0.5) is 0 Å². The second-order valence-electron chi connectivity index (χ2n) is 18.1.